The van der Waals surface area contributed by atoms with Crippen molar-refractivity contribution in [2.45, 2.75) is 50.9 Å². The van der Waals surface area contributed by atoms with Gasteiger partial charge >= 0.3 is 12.1 Å². The van der Waals surface area contributed by atoms with Crippen molar-refractivity contribution in [3.8, 4) is 0 Å². The molecule has 130 valence electrons. The fourth-order valence-electron chi connectivity index (χ4n) is 2.76. The first-order valence-corrected chi connectivity index (χ1v) is 7.92. The molecule has 3 rings (SSSR count). The summed E-state index contributed by atoms with van der Waals surface area (Å²) in [6, 6.07) is 8.58. The number of amides is 1. The molecule has 24 heavy (non-hydrogen) atoms. The number of carbonyl (C=O) groups excluding carboxylic acids is 2. The molecule has 2 aliphatic rings. The van der Waals surface area contributed by atoms with E-state index in [1.807, 2.05) is 30.3 Å². The van der Waals surface area contributed by atoms with Crippen molar-refractivity contribution in [3.63, 3.8) is 0 Å². The minimum absolute atomic E-state index is 0.144. The molecule has 1 N–H and O–H groups in total. The lowest BCUT2D eigenvalue weighted by atomic mass is 10.1. The minimum Gasteiger partial charge on any atom is -0.458 e. The Morgan fingerprint density at radius 1 is 1.29 bits per heavy atom. The van der Waals surface area contributed by atoms with Gasteiger partial charge in [0.25, 0.3) is 0 Å². The molecule has 1 aromatic rings. The van der Waals surface area contributed by atoms with Gasteiger partial charge in [0.2, 0.25) is 0 Å². The van der Waals surface area contributed by atoms with Crippen LogP contribution in [0.15, 0.2) is 30.3 Å². The van der Waals surface area contributed by atoms with Crippen LogP contribution in [-0.4, -0.2) is 42.7 Å². The molecule has 2 aliphatic heterocycles. The number of nitrogens with one attached hydrogen (secondary N) is 1. The van der Waals surface area contributed by atoms with E-state index in [9.17, 15) is 9.59 Å². The van der Waals surface area contributed by atoms with Gasteiger partial charge in [-0.1, -0.05) is 30.3 Å². The Morgan fingerprint density at radius 2 is 2.04 bits per heavy atom. The molecule has 1 amide bonds. The first-order valence-electron chi connectivity index (χ1n) is 7.92. The lowest BCUT2D eigenvalue weighted by Gasteiger charge is -2.19. The highest BCUT2D eigenvalue weighted by Gasteiger charge is 2.45. The molecule has 2 saturated heterocycles. The minimum atomic E-state index is -0.731. The quantitative estimate of drug-likeness (QED) is 0.844. The number of hydrogen-bond acceptors (Lipinski definition) is 6. The maximum absolute atomic E-state index is 11.9. The van der Waals surface area contributed by atoms with Crippen LogP contribution in [0.3, 0.4) is 0 Å². The average Bonchev–Trinajstić information content (AvgIpc) is 3.09. The lowest BCUT2D eigenvalue weighted by molar-refractivity contribution is -0.162. The Morgan fingerprint density at radius 3 is 2.71 bits per heavy atom. The predicted octanol–water partition coefficient (Wildman–Crippen LogP) is 1.75. The second-order valence-electron chi connectivity index (χ2n) is 6.34. The number of carbonyl (C=O) groups is 2. The van der Waals surface area contributed by atoms with Crippen molar-refractivity contribution < 1.29 is 28.5 Å². The zero-order valence-electron chi connectivity index (χ0n) is 13.7. The third-order valence-corrected chi connectivity index (χ3v) is 3.97. The summed E-state index contributed by atoms with van der Waals surface area (Å²) < 4.78 is 21.6. The smallest absolute Gasteiger partial charge is 0.408 e. The SMILES string of the molecule is CC1(C)OC[C@@H]([C@@H]2C[C@H](NC(=O)OCc3ccccc3)C(=O)O2)O1. The molecule has 0 saturated carbocycles. The number of cyclic esters (lactones) is 1. The van der Waals surface area contributed by atoms with E-state index in [0.717, 1.165) is 5.56 Å². The summed E-state index contributed by atoms with van der Waals surface area (Å²) in [5, 5.41) is 2.54. The van der Waals surface area contributed by atoms with Crippen LogP contribution in [0.2, 0.25) is 0 Å². The Hall–Kier alpha value is -2.12. The summed E-state index contributed by atoms with van der Waals surface area (Å²) in [6.07, 6.45) is -1.07. The summed E-state index contributed by atoms with van der Waals surface area (Å²) in [4.78, 5) is 23.8. The molecule has 1 aromatic carbocycles. The van der Waals surface area contributed by atoms with Gasteiger partial charge in [0.15, 0.2) is 5.79 Å². The molecule has 2 fully saturated rings. The van der Waals surface area contributed by atoms with Crippen LogP contribution < -0.4 is 5.32 Å². The first-order chi connectivity index (χ1) is 11.4. The zero-order chi connectivity index (χ0) is 17.2. The normalized spacial score (nSPS) is 28.4. The van der Waals surface area contributed by atoms with E-state index in [1.54, 1.807) is 13.8 Å². The molecular weight excluding hydrogens is 314 g/mol. The van der Waals surface area contributed by atoms with Gasteiger partial charge in [-0.3, -0.25) is 0 Å². The molecule has 3 atom stereocenters. The molecule has 0 spiro atoms. The van der Waals surface area contributed by atoms with E-state index in [1.165, 1.54) is 0 Å². The van der Waals surface area contributed by atoms with E-state index in [-0.39, 0.29) is 12.7 Å². The van der Waals surface area contributed by atoms with Crippen LogP contribution in [0.25, 0.3) is 0 Å². The van der Waals surface area contributed by atoms with Crippen LogP contribution >= 0.6 is 0 Å². The summed E-state index contributed by atoms with van der Waals surface area (Å²) >= 11 is 0. The maximum Gasteiger partial charge on any atom is 0.408 e. The van der Waals surface area contributed by atoms with Gasteiger partial charge in [-0.25, -0.2) is 9.59 Å². The monoisotopic (exact) mass is 335 g/mol. The Balaban J connectivity index is 1.47. The third kappa shape index (κ3) is 4.04. The van der Waals surface area contributed by atoms with E-state index in [4.69, 9.17) is 18.9 Å². The number of benzene rings is 1. The van der Waals surface area contributed by atoms with Gasteiger partial charge in [0.05, 0.1) is 6.61 Å². The lowest BCUT2D eigenvalue weighted by Crippen LogP contribution is -2.38. The van der Waals surface area contributed by atoms with Gasteiger partial charge in [-0.2, -0.15) is 0 Å². The van der Waals surface area contributed by atoms with Gasteiger partial charge in [0.1, 0.15) is 24.9 Å². The second kappa shape index (κ2) is 6.78. The van der Waals surface area contributed by atoms with E-state index < -0.39 is 30.0 Å². The highest BCUT2D eigenvalue weighted by Crippen LogP contribution is 2.29. The topological polar surface area (TPSA) is 83.1 Å². The summed E-state index contributed by atoms with van der Waals surface area (Å²) in [6.45, 7) is 4.11. The standard InChI is InChI=1S/C17H21NO6/c1-17(2)22-10-14(24-17)13-8-12(15(19)23-13)18-16(20)21-9-11-6-4-3-5-7-11/h3-7,12-14H,8-10H2,1-2H3,(H,18,20)/t12-,13-,14-/m0/s1. The summed E-state index contributed by atoms with van der Waals surface area (Å²) in [5.74, 6) is -1.16. The molecule has 7 heteroatoms. The average molecular weight is 335 g/mol. The van der Waals surface area contributed by atoms with Crippen molar-refractivity contribution in [3.05, 3.63) is 35.9 Å². The molecule has 0 radical (unpaired) electrons. The van der Waals surface area contributed by atoms with E-state index in [0.29, 0.717) is 13.0 Å². The molecule has 0 unspecified atom stereocenters. The van der Waals surface area contributed by atoms with Gasteiger partial charge in [-0.05, 0) is 19.4 Å². The molecule has 0 bridgehead atoms. The Kier molecular flexibility index (Phi) is 4.73. The number of rotatable bonds is 4. The van der Waals surface area contributed by atoms with E-state index >= 15 is 0 Å². The second-order valence-corrected chi connectivity index (χ2v) is 6.34. The van der Waals surface area contributed by atoms with Gasteiger partial charge < -0.3 is 24.3 Å². The molecule has 0 aliphatic carbocycles. The summed E-state index contributed by atoms with van der Waals surface area (Å²) in [5.41, 5.74) is 0.873. The third-order valence-electron chi connectivity index (χ3n) is 3.97. The molecular formula is C17H21NO6. The van der Waals surface area contributed by atoms with Crippen LogP contribution in [0.1, 0.15) is 25.8 Å². The zero-order valence-corrected chi connectivity index (χ0v) is 13.7. The fraction of sp³-hybridized carbons (Fsp3) is 0.529. The van der Waals surface area contributed by atoms with Crippen molar-refractivity contribution in [2.24, 2.45) is 0 Å². The van der Waals surface area contributed by atoms with Crippen LogP contribution in [0.5, 0.6) is 0 Å². The van der Waals surface area contributed by atoms with Crippen LogP contribution in [0, 0.1) is 0 Å². The molecule has 2 heterocycles. The predicted molar refractivity (Wildman–Crippen MR) is 83.0 cm³/mol. The number of esters is 1. The van der Waals surface area contributed by atoms with Crippen molar-refractivity contribution in [1.82, 2.24) is 5.32 Å². The molecule has 7 nitrogen and oxygen atoms in total. The first kappa shape index (κ1) is 16.7. The van der Waals surface area contributed by atoms with Crippen LogP contribution in [0.4, 0.5) is 4.79 Å². The number of ether oxygens (including phenoxy) is 4. The number of alkyl carbamates (subject to hydrolysis) is 1. The highest BCUT2D eigenvalue weighted by molar-refractivity contribution is 5.83. The molecule has 0 aromatic heterocycles. The van der Waals surface area contributed by atoms with Gasteiger partial charge in [-0.15, -0.1) is 0 Å². The summed E-state index contributed by atoms with van der Waals surface area (Å²) in [7, 11) is 0. The maximum atomic E-state index is 11.9. The number of hydrogen-bond donors (Lipinski definition) is 1. The van der Waals surface area contributed by atoms with Crippen molar-refractivity contribution >= 4 is 12.1 Å². The van der Waals surface area contributed by atoms with Crippen molar-refractivity contribution in [1.29, 1.82) is 0 Å². The Bertz CT molecular complexity index is 602. The van der Waals surface area contributed by atoms with E-state index in [2.05, 4.69) is 5.32 Å². The largest absolute Gasteiger partial charge is 0.458 e. The Labute approximate surface area is 140 Å². The fourth-order valence-corrected chi connectivity index (χ4v) is 2.76. The highest BCUT2D eigenvalue weighted by atomic mass is 16.8. The van der Waals surface area contributed by atoms with Crippen LogP contribution in [-0.2, 0) is 30.3 Å². The van der Waals surface area contributed by atoms with Gasteiger partial charge in [0, 0.05) is 6.42 Å². The van der Waals surface area contributed by atoms with Crippen molar-refractivity contribution in [2.75, 3.05) is 6.61 Å².